The lowest BCUT2D eigenvalue weighted by molar-refractivity contribution is 1.01. The molecule has 0 unspecified atom stereocenters. The highest BCUT2D eigenvalue weighted by Gasteiger charge is 2.09. The molecule has 0 saturated heterocycles. The molecule has 3 aromatic heterocycles. The zero-order valence-corrected chi connectivity index (χ0v) is 12.9. The number of anilines is 2. The van der Waals surface area contributed by atoms with E-state index in [9.17, 15) is 0 Å². The average molecular weight is 304 g/mol. The van der Waals surface area contributed by atoms with Gasteiger partial charge in [0, 0.05) is 11.4 Å². The SMILES string of the molecule is CCc1cc2c(NCCc3ccsc3)nc(N)nc2s1. The van der Waals surface area contributed by atoms with Gasteiger partial charge in [0.15, 0.2) is 0 Å². The predicted octanol–water partition coefficient (Wildman–Crippen LogP) is 3.55. The van der Waals surface area contributed by atoms with Gasteiger partial charge in [-0.05, 0) is 41.3 Å². The van der Waals surface area contributed by atoms with Gasteiger partial charge in [-0.25, -0.2) is 4.98 Å². The normalized spacial score (nSPS) is 11.1. The van der Waals surface area contributed by atoms with E-state index in [-0.39, 0.29) is 0 Å². The molecule has 0 amide bonds. The predicted molar refractivity (Wildman–Crippen MR) is 87.7 cm³/mol. The highest BCUT2D eigenvalue weighted by atomic mass is 32.1. The van der Waals surface area contributed by atoms with Gasteiger partial charge in [-0.15, -0.1) is 11.3 Å². The van der Waals surface area contributed by atoms with Crippen LogP contribution in [0, 0.1) is 0 Å². The van der Waals surface area contributed by atoms with Crippen LogP contribution in [0.4, 0.5) is 11.8 Å². The van der Waals surface area contributed by atoms with Crippen LogP contribution in [-0.2, 0) is 12.8 Å². The molecule has 0 aromatic carbocycles. The first-order valence-corrected chi connectivity index (χ1v) is 8.33. The van der Waals surface area contributed by atoms with E-state index in [0.717, 1.165) is 35.4 Å². The number of nitrogen functional groups attached to an aromatic ring is 1. The number of hydrogen-bond donors (Lipinski definition) is 2. The standard InChI is InChI=1S/C14H16N4S2/c1-2-10-7-11-12(17-14(15)18-13(11)20-10)16-5-3-9-4-6-19-8-9/h4,6-8H,2-3,5H2,1H3,(H3,15,16,17,18). The maximum Gasteiger partial charge on any atom is 0.223 e. The lowest BCUT2D eigenvalue weighted by Gasteiger charge is -2.06. The first-order valence-electron chi connectivity index (χ1n) is 6.57. The summed E-state index contributed by atoms with van der Waals surface area (Å²) in [5, 5.41) is 8.73. The molecule has 0 atom stereocenters. The van der Waals surface area contributed by atoms with E-state index >= 15 is 0 Å². The molecule has 0 aliphatic carbocycles. The first-order chi connectivity index (χ1) is 9.76. The molecule has 6 heteroatoms. The molecule has 104 valence electrons. The van der Waals surface area contributed by atoms with Crippen LogP contribution in [0.5, 0.6) is 0 Å². The molecule has 3 heterocycles. The van der Waals surface area contributed by atoms with E-state index in [1.165, 1.54) is 10.4 Å². The highest BCUT2D eigenvalue weighted by Crippen LogP contribution is 2.29. The van der Waals surface area contributed by atoms with Crippen LogP contribution >= 0.6 is 22.7 Å². The molecule has 0 aliphatic rings. The summed E-state index contributed by atoms with van der Waals surface area (Å²) in [5.74, 6) is 1.18. The molecule has 0 radical (unpaired) electrons. The molecule has 4 nitrogen and oxygen atoms in total. The third-order valence-corrected chi connectivity index (χ3v) is 5.00. The van der Waals surface area contributed by atoms with Crippen LogP contribution in [0.2, 0.25) is 0 Å². The average Bonchev–Trinajstić information content (AvgIpc) is 3.06. The van der Waals surface area contributed by atoms with Crippen molar-refractivity contribution in [1.29, 1.82) is 0 Å². The molecule has 0 spiro atoms. The molecule has 0 bridgehead atoms. The van der Waals surface area contributed by atoms with Crippen molar-refractivity contribution in [2.75, 3.05) is 17.6 Å². The Morgan fingerprint density at radius 3 is 3.00 bits per heavy atom. The number of rotatable bonds is 5. The Labute approximate surface area is 125 Å². The number of hydrogen-bond acceptors (Lipinski definition) is 6. The van der Waals surface area contributed by atoms with Crippen molar-refractivity contribution < 1.29 is 0 Å². The van der Waals surface area contributed by atoms with Gasteiger partial charge in [-0.3, -0.25) is 0 Å². The maximum atomic E-state index is 5.79. The summed E-state index contributed by atoms with van der Waals surface area (Å²) >= 11 is 3.41. The number of nitrogens with zero attached hydrogens (tertiary/aromatic N) is 2. The molecule has 3 aromatic rings. The van der Waals surface area contributed by atoms with E-state index in [0.29, 0.717) is 5.95 Å². The van der Waals surface area contributed by atoms with Gasteiger partial charge in [0.25, 0.3) is 0 Å². The third kappa shape index (κ3) is 2.76. The lowest BCUT2D eigenvalue weighted by Crippen LogP contribution is -2.07. The number of fused-ring (bicyclic) bond motifs is 1. The summed E-state index contributed by atoms with van der Waals surface area (Å²) in [4.78, 5) is 10.9. The van der Waals surface area contributed by atoms with Gasteiger partial charge >= 0.3 is 0 Å². The number of aromatic nitrogens is 2. The van der Waals surface area contributed by atoms with E-state index in [2.05, 4.69) is 45.1 Å². The third-order valence-electron chi connectivity index (χ3n) is 3.10. The van der Waals surface area contributed by atoms with Gasteiger partial charge in [0.2, 0.25) is 5.95 Å². The van der Waals surface area contributed by atoms with E-state index in [1.807, 2.05) is 0 Å². The monoisotopic (exact) mass is 304 g/mol. The Morgan fingerprint density at radius 2 is 2.25 bits per heavy atom. The van der Waals surface area contributed by atoms with E-state index in [4.69, 9.17) is 5.73 Å². The Balaban J connectivity index is 1.80. The fourth-order valence-electron chi connectivity index (χ4n) is 2.06. The van der Waals surface area contributed by atoms with Gasteiger partial charge in [-0.1, -0.05) is 6.92 Å². The van der Waals surface area contributed by atoms with E-state index < -0.39 is 0 Å². The van der Waals surface area contributed by atoms with Crippen molar-refractivity contribution >= 4 is 44.7 Å². The second kappa shape index (κ2) is 5.76. The highest BCUT2D eigenvalue weighted by molar-refractivity contribution is 7.18. The van der Waals surface area contributed by atoms with Crippen LogP contribution in [0.1, 0.15) is 17.4 Å². The minimum absolute atomic E-state index is 0.333. The molecule has 0 fully saturated rings. The molecular weight excluding hydrogens is 288 g/mol. The second-order valence-electron chi connectivity index (χ2n) is 4.52. The van der Waals surface area contributed by atoms with Gasteiger partial charge in [-0.2, -0.15) is 16.3 Å². The topological polar surface area (TPSA) is 63.8 Å². The van der Waals surface area contributed by atoms with Gasteiger partial charge in [0.1, 0.15) is 10.6 Å². The van der Waals surface area contributed by atoms with Crippen molar-refractivity contribution in [3.8, 4) is 0 Å². The molecule has 3 rings (SSSR count). The number of aryl methyl sites for hydroxylation is 1. The van der Waals surface area contributed by atoms with Crippen molar-refractivity contribution in [3.63, 3.8) is 0 Å². The molecule has 0 aliphatic heterocycles. The Bertz CT molecular complexity index is 703. The minimum Gasteiger partial charge on any atom is -0.369 e. The zero-order chi connectivity index (χ0) is 13.9. The minimum atomic E-state index is 0.333. The quantitative estimate of drug-likeness (QED) is 0.756. The summed E-state index contributed by atoms with van der Waals surface area (Å²) < 4.78 is 0. The maximum absolute atomic E-state index is 5.79. The lowest BCUT2D eigenvalue weighted by atomic mass is 10.2. The Kier molecular flexibility index (Phi) is 3.84. The van der Waals surface area contributed by atoms with Crippen LogP contribution < -0.4 is 11.1 Å². The molecule has 0 saturated carbocycles. The smallest absolute Gasteiger partial charge is 0.223 e. The number of nitrogens with one attached hydrogen (secondary N) is 1. The van der Waals surface area contributed by atoms with Crippen LogP contribution in [0.3, 0.4) is 0 Å². The fourth-order valence-corrected chi connectivity index (χ4v) is 3.73. The van der Waals surface area contributed by atoms with Crippen molar-refractivity contribution in [2.24, 2.45) is 0 Å². The van der Waals surface area contributed by atoms with Crippen molar-refractivity contribution in [2.45, 2.75) is 19.8 Å². The number of thiophene rings is 2. The molecule has 3 N–H and O–H groups in total. The fraction of sp³-hybridized carbons (Fsp3) is 0.286. The van der Waals surface area contributed by atoms with E-state index in [1.54, 1.807) is 22.7 Å². The van der Waals surface area contributed by atoms with Gasteiger partial charge in [0.05, 0.1) is 5.39 Å². The van der Waals surface area contributed by atoms with Gasteiger partial charge < -0.3 is 11.1 Å². The Morgan fingerprint density at radius 1 is 1.35 bits per heavy atom. The van der Waals surface area contributed by atoms with Crippen molar-refractivity contribution in [3.05, 3.63) is 33.3 Å². The number of nitrogens with two attached hydrogens (primary N) is 1. The summed E-state index contributed by atoms with van der Waals surface area (Å²) in [5.41, 5.74) is 7.14. The zero-order valence-electron chi connectivity index (χ0n) is 11.2. The largest absolute Gasteiger partial charge is 0.369 e. The molecular formula is C14H16N4S2. The molecule has 20 heavy (non-hydrogen) atoms. The summed E-state index contributed by atoms with van der Waals surface area (Å²) in [6.07, 6.45) is 1.99. The summed E-state index contributed by atoms with van der Waals surface area (Å²) in [6.45, 7) is 2.99. The summed E-state index contributed by atoms with van der Waals surface area (Å²) in [6, 6.07) is 4.31. The van der Waals surface area contributed by atoms with Crippen LogP contribution in [0.25, 0.3) is 10.2 Å². The van der Waals surface area contributed by atoms with Crippen LogP contribution in [-0.4, -0.2) is 16.5 Å². The second-order valence-corrected chi connectivity index (χ2v) is 6.42. The summed E-state index contributed by atoms with van der Waals surface area (Å²) in [7, 11) is 0. The van der Waals surface area contributed by atoms with Crippen molar-refractivity contribution in [1.82, 2.24) is 9.97 Å². The Hall–Kier alpha value is -1.66. The van der Waals surface area contributed by atoms with Crippen LogP contribution in [0.15, 0.2) is 22.9 Å². The first kappa shape index (κ1) is 13.3.